The molecule has 0 spiro atoms. The maximum absolute atomic E-state index is 10.6. The molecule has 0 saturated carbocycles. The van der Waals surface area contributed by atoms with Gasteiger partial charge in [0.1, 0.15) is 5.84 Å². The third-order valence-electron chi connectivity index (χ3n) is 2.47. The maximum atomic E-state index is 10.6. The summed E-state index contributed by atoms with van der Waals surface area (Å²) < 4.78 is 0. The summed E-state index contributed by atoms with van der Waals surface area (Å²) in [7, 11) is 0. The number of nitro benzene ring substituents is 1. The predicted octanol–water partition coefficient (Wildman–Crippen LogP) is 2.17. The van der Waals surface area contributed by atoms with Crippen LogP contribution in [-0.2, 0) is 0 Å². The summed E-state index contributed by atoms with van der Waals surface area (Å²) in [5, 5.41) is 18.3. The van der Waals surface area contributed by atoms with Crippen LogP contribution >= 0.6 is 0 Å². The summed E-state index contributed by atoms with van der Waals surface area (Å²) in [6, 6.07) is 6.43. The summed E-state index contributed by atoms with van der Waals surface area (Å²) in [5.74, 6) is 0.537. The first-order valence-electron chi connectivity index (χ1n) is 4.78. The van der Waals surface area contributed by atoms with Gasteiger partial charge in [-0.25, -0.2) is 0 Å². The molecule has 1 saturated heterocycles. The molecule has 0 bridgehead atoms. The number of nitrogens with one attached hydrogen (secondary N) is 1. The number of hydrogen-bond donors (Lipinski definition) is 1. The summed E-state index contributed by atoms with van der Waals surface area (Å²) >= 11 is 0. The van der Waals surface area contributed by atoms with Gasteiger partial charge in [-0.15, -0.1) is 0 Å². The van der Waals surface area contributed by atoms with E-state index in [0.717, 1.165) is 25.1 Å². The summed E-state index contributed by atoms with van der Waals surface area (Å²) in [4.78, 5) is 12.0. The van der Waals surface area contributed by atoms with Gasteiger partial charge in [0.15, 0.2) is 0 Å². The molecule has 1 fully saturated rings. The number of hydrogen-bond acceptors (Lipinski definition) is 3. The number of nitrogens with zero attached hydrogens (tertiary/aromatic N) is 2. The molecular weight excluding hydrogens is 194 g/mol. The van der Waals surface area contributed by atoms with Gasteiger partial charge < -0.3 is 4.90 Å². The molecule has 5 heteroatoms. The van der Waals surface area contributed by atoms with E-state index in [1.54, 1.807) is 12.1 Å². The van der Waals surface area contributed by atoms with Crippen molar-refractivity contribution in [3.05, 3.63) is 34.4 Å². The van der Waals surface area contributed by atoms with Crippen LogP contribution in [0.4, 0.5) is 11.4 Å². The number of nitro groups is 1. The van der Waals surface area contributed by atoms with Gasteiger partial charge in [0, 0.05) is 30.8 Å². The van der Waals surface area contributed by atoms with E-state index in [0.29, 0.717) is 5.84 Å². The fourth-order valence-electron chi connectivity index (χ4n) is 1.73. The molecule has 15 heavy (non-hydrogen) atoms. The quantitative estimate of drug-likeness (QED) is 0.594. The Hall–Kier alpha value is -1.91. The minimum Gasteiger partial charge on any atom is -0.330 e. The topological polar surface area (TPSA) is 70.2 Å². The monoisotopic (exact) mass is 205 g/mol. The van der Waals surface area contributed by atoms with Crippen molar-refractivity contribution in [3.8, 4) is 0 Å². The first-order valence-corrected chi connectivity index (χ1v) is 4.78. The maximum Gasteiger partial charge on any atom is 0.271 e. The Morgan fingerprint density at radius 2 is 2.27 bits per heavy atom. The molecule has 0 atom stereocenters. The van der Waals surface area contributed by atoms with E-state index in [9.17, 15) is 10.1 Å². The summed E-state index contributed by atoms with van der Waals surface area (Å²) in [6.07, 6.45) is 1.70. The zero-order valence-electron chi connectivity index (χ0n) is 8.14. The zero-order chi connectivity index (χ0) is 10.8. The van der Waals surface area contributed by atoms with E-state index < -0.39 is 4.92 Å². The van der Waals surface area contributed by atoms with E-state index in [4.69, 9.17) is 5.41 Å². The molecule has 1 N–H and O–H groups in total. The Morgan fingerprint density at radius 3 is 2.87 bits per heavy atom. The summed E-state index contributed by atoms with van der Waals surface area (Å²) in [5.41, 5.74) is 0.818. The van der Waals surface area contributed by atoms with E-state index in [1.165, 1.54) is 12.1 Å². The van der Waals surface area contributed by atoms with Crippen LogP contribution in [0.15, 0.2) is 24.3 Å². The number of rotatable bonds is 2. The van der Waals surface area contributed by atoms with E-state index in [-0.39, 0.29) is 5.69 Å². The second-order valence-corrected chi connectivity index (χ2v) is 3.48. The van der Waals surface area contributed by atoms with Gasteiger partial charge in [-0.3, -0.25) is 15.5 Å². The van der Waals surface area contributed by atoms with E-state index >= 15 is 0 Å². The number of amidine groups is 1. The van der Waals surface area contributed by atoms with Gasteiger partial charge in [-0.1, -0.05) is 6.07 Å². The van der Waals surface area contributed by atoms with Gasteiger partial charge in [-0.05, 0) is 12.5 Å². The van der Waals surface area contributed by atoms with Crippen LogP contribution in [0.5, 0.6) is 0 Å². The molecule has 0 aliphatic carbocycles. The third kappa shape index (κ3) is 1.81. The van der Waals surface area contributed by atoms with Crippen LogP contribution in [-0.4, -0.2) is 17.3 Å². The molecular formula is C10H11N3O2. The first-order chi connectivity index (χ1) is 7.18. The third-order valence-corrected chi connectivity index (χ3v) is 2.47. The second-order valence-electron chi connectivity index (χ2n) is 3.48. The van der Waals surface area contributed by atoms with E-state index in [1.807, 2.05) is 4.90 Å². The molecule has 0 radical (unpaired) electrons. The lowest BCUT2D eigenvalue weighted by molar-refractivity contribution is -0.384. The normalized spacial score (nSPS) is 15.7. The molecule has 0 aromatic heterocycles. The Labute approximate surface area is 87.0 Å². The molecule has 78 valence electrons. The van der Waals surface area contributed by atoms with Crippen LogP contribution in [0, 0.1) is 15.5 Å². The minimum absolute atomic E-state index is 0.0761. The van der Waals surface area contributed by atoms with Crippen molar-refractivity contribution in [2.45, 2.75) is 12.8 Å². The van der Waals surface area contributed by atoms with Crippen molar-refractivity contribution < 1.29 is 4.92 Å². The predicted molar refractivity (Wildman–Crippen MR) is 57.4 cm³/mol. The van der Waals surface area contributed by atoms with Gasteiger partial charge >= 0.3 is 0 Å². The molecule has 1 heterocycles. The van der Waals surface area contributed by atoms with E-state index in [2.05, 4.69) is 0 Å². The zero-order valence-corrected chi connectivity index (χ0v) is 8.14. The van der Waals surface area contributed by atoms with Gasteiger partial charge in [-0.2, -0.15) is 0 Å². The molecule has 0 amide bonds. The highest BCUT2D eigenvalue weighted by Gasteiger charge is 2.19. The largest absolute Gasteiger partial charge is 0.330 e. The molecule has 1 aromatic carbocycles. The Bertz CT molecular complexity index is 417. The lowest BCUT2D eigenvalue weighted by Gasteiger charge is -2.17. The van der Waals surface area contributed by atoms with Crippen LogP contribution in [0.2, 0.25) is 0 Å². The number of benzene rings is 1. The Kier molecular flexibility index (Phi) is 2.37. The average molecular weight is 205 g/mol. The van der Waals surface area contributed by atoms with Crippen molar-refractivity contribution in [1.29, 1.82) is 5.41 Å². The highest BCUT2D eigenvalue weighted by atomic mass is 16.6. The number of non-ortho nitro benzene ring substituents is 1. The molecule has 5 nitrogen and oxygen atoms in total. The van der Waals surface area contributed by atoms with Gasteiger partial charge in [0.2, 0.25) is 0 Å². The van der Waals surface area contributed by atoms with Crippen LogP contribution in [0.3, 0.4) is 0 Å². The van der Waals surface area contributed by atoms with Gasteiger partial charge in [0.05, 0.1) is 4.92 Å². The summed E-state index contributed by atoms with van der Waals surface area (Å²) in [6.45, 7) is 0.778. The molecule has 0 unspecified atom stereocenters. The minimum atomic E-state index is -0.414. The molecule has 1 aromatic rings. The van der Waals surface area contributed by atoms with Crippen LogP contribution < -0.4 is 4.90 Å². The van der Waals surface area contributed by atoms with Crippen molar-refractivity contribution in [2.24, 2.45) is 0 Å². The van der Waals surface area contributed by atoms with Gasteiger partial charge in [0.25, 0.3) is 5.69 Å². The highest BCUT2D eigenvalue weighted by Crippen LogP contribution is 2.25. The SMILES string of the molecule is N=C1CCCN1c1cccc([N+](=O)[O-])c1. The van der Waals surface area contributed by atoms with Crippen LogP contribution in [0.25, 0.3) is 0 Å². The van der Waals surface area contributed by atoms with Crippen molar-refractivity contribution in [1.82, 2.24) is 0 Å². The Morgan fingerprint density at radius 1 is 1.47 bits per heavy atom. The average Bonchev–Trinajstić information content (AvgIpc) is 2.64. The van der Waals surface area contributed by atoms with Crippen molar-refractivity contribution >= 4 is 17.2 Å². The number of anilines is 1. The smallest absolute Gasteiger partial charge is 0.271 e. The molecule has 1 aliphatic rings. The van der Waals surface area contributed by atoms with Crippen molar-refractivity contribution in [3.63, 3.8) is 0 Å². The first kappa shape index (κ1) is 9.64. The standard InChI is InChI=1S/C10H11N3O2/c11-10-5-2-6-12(10)8-3-1-4-9(7-8)13(14)15/h1,3-4,7,11H,2,5-6H2. The highest BCUT2D eigenvalue weighted by molar-refractivity contribution is 5.97. The fourth-order valence-corrected chi connectivity index (χ4v) is 1.73. The second kappa shape index (κ2) is 3.68. The lowest BCUT2D eigenvalue weighted by atomic mass is 10.2. The molecule has 2 rings (SSSR count). The lowest BCUT2D eigenvalue weighted by Crippen LogP contribution is -2.22. The van der Waals surface area contributed by atoms with Crippen LogP contribution in [0.1, 0.15) is 12.8 Å². The molecule has 1 aliphatic heterocycles. The Balaban J connectivity index is 2.32. The van der Waals surface area contributed by atoms with Crippen molar-refractivity contribution in [2.75, 3.05) is 11.4 Å². The fraction of sp³-hybridized carbons (Fsp3) is 0.300.